The van der Waals surface area contributed by atoms with Crippen molar-refractivity contribution in [1.29, 1.82) is 0 Å². The van der Waals surface area contributed by atoms with Gasteiger partial charge in [-0.3, -0.25) is 4.79 Å². The lowest BCUT2D eigenvalue weighted by molar-refractivity contribution is 0.0724. The molecule has 1 saturated heterocycles. The number of hydrogen-bond acceptors (Lipinski definition) is 3. The third kappa shape index (κ3) is 5.25. The number of carbonyl (C=O) groups is 2. The number of benzene rings is 1. The summed E-state index contributed by atoms with van der Waals surface area (Å²) in [4.78, 5) is 26.3. The molecule has 0 radical (unpaired) electrons. The van der Waals surface area contributed by atoms with Crippen LogP contribution in [0.25, 0.3) is 0 Å². The monoisotopic (exact) mass is 319 g/mol. The molecule has 0 saturated carbocycles. The molecule has 1 aliphatic heterocycles. The number of carbonyl (C=O) groups excluding carboxylic acids is 2. The van der Waals surface area contributed by atoms with Crippen LogP contribution in [-0.4, -0.2) is 49.7 Å². The van der Waals surface area contributed by atoms with Gasteiger partial charge >= 0.3 is 6.03 Å². The molecule has 2 N–H and O–H groups in total. The molecule has 6 heteroatoms. The fourth-order valence-corrected chi connectivity index (χ4v) is 2.69. The molecule has 1 unspecified atom stereocenters. The van der Waals surface area contributed by atoms with Gasteiger partial charge in [0, 0.05) is 31.5 Å². The standard InChI is InChI=1S/C17H25N3O3/c1-13(12-23-2)18-17(22)19-15-8-6-7-14(11-15)16(21)20-9-4-3-5-10-20/h6-8,11,13H,3-5,9-10,12H2,1-2H3,(H2,18,19,22). The number of amides is 3. The predicted octanol–water partition coefficient (Wildman–Crippen LogP) is 2.47. The number of nitrogens with one attached hydrogen (secondary N) is 2. The smallest absolute Gasteiger partial charge is 0.319 e. The summed E-state index contributed by atoms with van der Waals surface area (Å²) in [6.45, 7) is 3.93. The van der Waals surface area contributed by atoms with Crippen LogP contribution in [0.3, 0.4) is 0 Å². The maximum absolute atomic E-state index is 12.5. The summed E-state index contributed by atoms with van der Waals surface area (Å²) in [7, 11) is 1.59. The molecule has 3 amide bonds. The van der Waals surface area contributed by atoms with Crippen molar-refractivity contribution in [3.05, 3.63) is 29.8 Å². The van der Waals surface area contributed by atoms with Crippen molar-refractivity contribution in [2.45, 2.75) is 32.2 Å². The number of hydrogen-bond donors (Lipinski definition) is 2. The third-order valence-corrected chi connectivity index (χ3v) is 3.80. The highest BCUT2D eigenvalue weighted by Crippen LogP contribution is 2.16. The zero-order valence-electron chi connectivity index (χ0n) is 13.8. The minimum Gasteiger partial charge on any atom is -0.383 e. The topological polar surface area (TPSA) is 70.7 Å². The van der Waals surface area contributed by atoms with E-state index < -0.39 is 0 Å². The fraction of sp³-hybridized carbons (Fsp3) is 0.529. The van der Waals surface area contributed by atoms with Gasteiger partial charge in [-0.25, -0.2) is 4.79 Å². The van der Waals surface area contributed by atoms with Crippen LogP contribution in [-0.2, 0) is 4.74 Å². The van der Waals surface area contributed by atoms with Gasteiger partial charge in [0.1, 0.15) is 0 Å². The number of likely N-dealkylation sites (tertiary alicyclic amines) is 1. The normalized spacial score (nSPS) is 15.8. The van der Waals surface area contributed by atoms with Crippen LogP contribution in [0.2, 0.25) is 0 Å². The second-order valence-electron chi connectivity index (χ2n) is 5.89. The van der Waals surface area contributed by atoms with Gasteiger partial charge in [-0.1, -0.05) is 6.07 Å². The van der Waals surface area contributed by atoms with Crippen molar-refractivity contribution in [2.75, 3.05) is 32.1 Å². The highest BCUT2D eigenvalue weighted by Gasteiger charge is 2.18. The maximum atomic E-state index is 12.5. The SMILES string of the molecule is COCC(C)NC(=O)Nc1cccc(C(=O)N2CCCCC2)c1. The highest BCUT2D eigenvalue weighted by atomic mass is 16.5. The van der Waals surface area contributed by atoms with Gasteiger partial charge in [0.05, 0.1) is 12.6 Å². The third-order valence-electron chi connectivity index (χ3n) is 3.80. The molecule has 0 spiro atoms. The minimum atomic E-state index is -0.308. The van der Waals surface area contributed by atoms with Crippen molar-refractivity contribution in [1.82, 2.24) is 10.2 Å². The van der Waals surface area contributed by atoms with Crippen molar-refractivity contribution in [3.63, 3.8) is 0 Å². The van der Waals surface area contributed by atoms with Crippen LogP contribution in [0.1, 0.15) is 36.5 Å². The molecule has 0 aliphatic carbocycles. The van der Waals surface area contributed by atoms with Gasteiger partial charge < -0.3 is 20.3 Å². The molecule has 1 atom stereocenters. The zero-order valence-corrected chi connectivity index (χ0v) is 13.8. The Kier molecular flexibility index (Phi) is 6.40. The molecule has 6 nitrogen and oxygen atoms in total. The van der Waals surface area contributed by atoms with E-state index in [9.17, 15) is 9.59 Å². The van der Waals surface area contributed by atoms with E-state index in [4.69, 9.17) is 4.74 Å². The minimum absolute atomic E-state index is 0.0292. The average Bonchev–Trinajstić information content (AvgIpc) is 2.55. The van der Waals surface area contributed by atoms with Gasteiger partial charge in [0.25, 0.3) is 5.91 Å². The molecule has 1 fully saturated rings. The Bertz CT molecular complexity index is 542. The Morgan fingerprint density at radius 1 is 1.26 bits per heavy atom. The van der Waals surface area contributed by atoms with Gasteiger partial charge in [-0.15, -0.1) is 0 Å². The molecule has 1 aromatic carbocycles. The number of methoxy groups -OCH3 is 1. The number of ether oxygens (including phenoxy) is 1. The first kappa shape index (κ1) is 17.3. The summed E-state index contributed by atoms with van der Waals surface area (Å²) in [5.74, 6) is 0.0292. The fourth-order valence-electron chi connectivity index (χ4n) is 2.69. The molecule has 2 rings (SSSR count). The molecule has 1 aliphatic rings. The number of rotatable bonds is 5. The maximum Gasteiger partial charge on any atom is 0.319 e. The zero-order chi connectivity index (χ0) is 16.7. The summed E-state index contributed by atoms with van der Waals surface area (Å²) in [6.07, 6.45) is 3.30. The average molecular weight is 319 g/mol. The number of nitrogens with zero attached hydrogens (tertiary/aromatic N) is 1. The summed E-state index contributed by atoms with van der Waals surface area (Å²) in [5.41, 5.74) is 1.21. The van der Waals surface area contributed by atoms with Crippen molar-refractivity contribution in [2.24, 2.45) is 0 Å². The molecular weight excluding hydrogens is 294 g/mol. The summed E-state index contributed by atoms with van der Waals surface area (Å²) in [5, 5.41) is 5.52. The largest absolute Gasteiger partial charge is 0.383 e. The van der Waals surface area contributed by atoms with Gasteiger partial charge in [-0.05, 0) is 44.4 Å². The summed E-state index contributed by atoms with van der Waals surface area (Å²) in [6, 6.07) is 6.67. The first-order chi connectivity index (χ1) is 11.1. The molecule has 0 bridgehead atoms. The van der Waals surface area contributed by atoms with E-state index in [0.717, 1.165) is 25.9 Å². The predicted molar refractivity (Wildman–Crippen MR) is 89.7 cm³/mol. The lowest BCUT2D eigenvalue weighted by Gasteiger charge is -2.26. The van der Waals surface area contributed by atoms with Crippen LogP contribution in [0.5, 0.6) is 0 Å². The quantitative estimate of drug-likeness (QED) is 0.876. The van der Waals surface area contributed by atoms with E-state index in [-0.39, 0.29) is 18.0 Å². The Hall–Kier alpha value is -2.08. The van der Waals surface area contributed by atoms with Crippen molar-refractivity contribution < 1.29 is 14.3 Å². The van der Waals surface area contributed by atoms with Crippen LogP contribution < -0.4 is 10.6 Å². The molecule has 1 heterocycles. The van der Waals surface area contributed by atoms with Crippen molar-refractivity contribution >= 4 is 17.6 Å². The van der Waals surface area contributed by atoms with Gasteiger partial charge in [0.15, 0.2) is 0 Å². The van der Waals surface area contributed by atoms with E-state index >= 15 is 0 Å². The number of piperidine rings is 1. The Balaban J connectivity index is 1.96. The first-order valence-corrected chi connectivity index (χ1v) is 8.06. The van der Waals surface area contributed by atoms with E-state index in [1.807, 2.05) is 11.8 Å². The van der Waals surface area contributed by atoms with Gasteiger partial charge in [-0.2, -0.15) is 0 Å². The lowest BCUT2D eigenvalue weighted by Crippen LogP contribution is -2.38. The highest BCUT2D eigenvalue weighted by molar-refractivity contribution is 5.97. The molecule has 126 valence electrons. The lowest BCUT2D eigenvalue weighted by atomic mass is 10.1. The number of anilines is 1. The van der Waals surface area contributed by atoms with Crippen LogP contribution >= 0.6 is 0 Å². The van der Waals surface area contributed by atoms with E-state index in [1.165, 1.54) is 6.42 Å². The van der Waals surface area contributed by atoms with Crippen LogP contribution in [0, 0.1) is 0 Å². The second-order valence-corrected chi connectivity index (χ2v) is 5.89. The molecular formula is C17H25N3O3. The summed E-state index contributed by atoms with van der Waals surface area (Å²) < 4.78 is 4.98. The Labute approximate surface area is 137 Å². The Morgan fingerprint density at radius 2 is 2.00 bits per heavy atom. The molecule has 1 aromatic rings. The van der Waals surface area contributed by atoms with Crippen LogP contribution in [0.15, 0.2) is 24.3 Å². The first-order valence-electron chi connectivity index (χ1n) is 8.06. The van der Waals surface area contributed by atoms with E-state index in [2.05, 4.69) is 10.6 Å². The van der Waals surface area contributed by atoms with Crippen molar-refractivity contribution in [3.8, 4) is 0 Å². The molecule has 0 aromatic heterocycles. The van der Waals surface area contributed by atoms with Crippen LogP contribution in [0.4, 0.5) is 10.5 Å². The van der Waals surface area contributed by atoms with E-state index in [1.54, 1.807) is 31.4 Å². The Morgan fingerprint density at radius 3 is 2.70 bits per heavy atom. The van der Waals surface area contributed by atoms with E-state index in [0.29, 0.717) is 17.9 Å². The number of urea groups is 1. The van der Waals surface area contributed by atoms with Gasteiger partial charge in [0.2, 0.25) is 0 Å². The summed E-state index contributed by atoms with van der Waals surface area (Å²) >= 11 is 0. The molecule has 23 heavy (non-hydrogen) atoms. The second kappa shape index (κ2) is 8.53.